The molecule has 1 fully saturated rings. The third kappa shape index (κ3) is 6.11. The number of nitrogens with zero attached hydrogens (tertiary/aromatic N) is 2. The number of methoxy groups -OCH3 is 1. The summed E-state index contributed by atoms with van der Waals surface area (Å²) in [6.07, 6.45) is -0.266. The Balaban J connectivity index is 1.46. The van der Waals surface area contributed by atoms with Crippen LogP contribution in [0, 0.1) is 5.92 Å². The maximum atomic E-state index is 13.7. The third-order valence-electron chi connectivity index (χ3n) is 6.06. The summed E-state index contributed by atoms with van der Waals surface area (Å²) in [5.74, 6) is 0.959. The van der Waals surface area contributed by atoms with Gasteiger partial charge in [-0.05, 0) is 34.9 Å². The van der Waals surface area contributed by atoms with Crippen LogP contribution >= 0.6 is 0 Å². The maximum Gasteiger partial charge on any atom is 0.322 e. The Morgan fingerprint density at radius 2 is 1.89 bits per heavy atom. The van der Waals surface area contributed by atoms with E-state index in [0.29, 0.717) is 55.7 Å². The van der Waals surface area contributed by atoms with E-state index in [1.165, 1.54) is 0 Å². The van der Waals surface area contributed by atoms with Crippen LogP contribution in [-0.2, 0) is 4.74 Å². The minimum atomic E-state index is -0.266. The van der Waals surface area contributed by atoms with E-state index in [4.69, 9.17) is 9.47 Å². The Bertz CT molecular complexity index is 1170. The molecule has 7 heteroatoms. The van der Waals surface area contributed by atoms with Gasteiger partial charge >= 0.3 is 6.03 Å². The Hall–Kier alpha value is -3.58. The molecule has 0 spiro atoms. The van der Waals surface area contributed by atoms with E-state index in [1.54, 1.807) is 18.1 Å². The van der Waals surface area contributed by atoms with E-state index < -0.39 is 0 Å². The lowest BCUT2D eigenvalue weighted by Gasteiger charge is -2.36. The van der Waals surface area contributed by atoms with E-state index in [-0.39, 0.29) is 18.0 Å². The zero-order valence-electron chi connectivity index (χ0n) is 20.6. The molecule has 0 aromatic heterocycles. The zero-order valence-corrected chi connectivity index (χ0v) is 20.6. The molecule has 4 rings (SSSR count). The number of anilines is 1. The Morgan fingerprint density at radius 3 is 2.69 bits per heavy atom. The summed E-state index contributed by atoms with van der Waals surface area (Å²) >= 11 is 0. The number of hydrogen-bond donors (Lipinski definition) is 1. The van der Waals surface area contributed by atoms with Gasteiger partial charge in [0.1, 0.15) is 5.75 Å². The van der Waals surface area contributed by atoms with Gasteiger partial charge in [-0.3, -0.25) is 4.79 Å². The first-order valence-corrected chi connectivity index (χ1v) is 12.0. The van der Waals surface area contributed by atoms with Crippen molar-refractivity contribution in [1.29, 1.82) is 0 Å². The van der Waals surface area contributed by atoms with Crippen LogP contribution in [0.15, 0.2) is 66.7 Å². The number of morpholine rings is 1. The van der Waals surface area contributed by atoms with Crippen molar-refractivity contribution < 1.29 is 19.1 Å². The topological polar surface area (TPSA) is 71.1 Å². The van der Waals surface area contributed by atoms with Crippen LogP contribution in [0.25, 0.3) is 10.8 Å². The van der Waals surface area contributed by atoms with Crippen LogP contribution in [0.5, 0.6) is 5.75 Å². The van der Waals surface area contributed by atoms with Crippen molar-refractivity contribution >= 4 is 28.4 Å². The van der Waals surface area contributed by atoms with Gasteiger partial charge < -0.3 is 24.6 Å². The monoisotopic (exact) mass is 475 g/mol. The molecule has 0 radical (unpaired) electrons. The van der Waals surface area contributed by atoms with Crippen molar-refractivity contribution in [2.75, 3.05) is 45.2 Å². The minimum absolute atomic E-state index is 0.0166. The Labute approximate surface area is 206 Å². The molecule has 35 heavy (non-hydrogen) atoms. The predicted molar refractivity (Wildman–Crippen MR) is 138 cm³/mol. The zero-order chi connectivity index (χ0) is 24.8. The number of nitrogens with one attached hydrogen (secondary N) is 1. The molecule has 1 unspecified atom stereocenters. The molecule has 0 bridgehead atoms. The van der Waals surface area contributed by atoms with E-state index >= 15 is 0 Å². The summed E-state index contributed by atoms with van der Waals surface area (Å²) in [5, 5.41) is 4.91. The number of carbonyl (C=O) groups is 2. The largest absolute Gasteiger partial charge is 0.497 e. The van der Waals surface area contributed by atoms with Crippen molar-refractivity contribution in [2.45, 2.75) is 20.0 Å². The molecule has 3 aromatic rings. The average Bonchev–Trinajstić information content (AvgIpc) is 2.87. The summed E-state index contributed by atoms with van der Waals surface area (Å²) < 4.78 is 11.2. The molecular weight excluding hydrogens is 442 g/mol. The first-order valence-electron chi connectivity index (χ1n) is 12.0. The van der Waals surface area contributed by atoms with Gasteiger partial charge in [-0.2, -0.15) is 0 Å². The highest BCUT2D eigenvalue weighted by molar-refractivity contribution is 6.07. The molecule has 3 amide bonds. The second-order valence-corrected chi connectivity index (χ2v) is 9.23. The number of benzene rings is 3. The molecule has 1 heterocycles. The van der Waals surface area contributed by atoms with Crippen LogP contribution in [0.1, 0.15) is 24.2 Å². The predicted octanol–water partition coefficient (Wildman–Crippen LogP) is 4.88. The summed E-state index contributed by atoms with van der Waals surface area (Å²) in [6.45, 7) is 6.55. The van der Waals surface area contributed by atoms with Crippen LogP contribution in [0.4, 0.5) is 10.5 Å². The van der Waals surface area contributed by atoms with Gasteiger partial charge in [0.15, 0.2) is 0 Å². The second-order valence-electron chi connectivity index (χ2n) is 9.23. The molecule has 1 saturated heterocycles. The van der Waals surface area contributed by atoms with Gasteiger partial charge in [0.25, 0.3) is 5.91 Å². The maximum absolute atomic E-state index is 13.7. The first-order chi connectivity index (χ1) is 16.9. The minimum Gasteiger partial charge on any atom is -0.497 e. The lowest BCUT2D eigenvalue weighted by molar-refractivity contribution is -0.0272. The lowest BCUT2D eigenvalue weighted by Crippen LogP contribution is -2.52. The number of rotatable bonds is 7. The highest BCUT2D eigenvalue weighted by Gasteiger charge is 2.29. The SMILES string of the molecule is COc1cccc(NC(=O)N2CCOC(CN(CC(C)C)C(=O)c3cccc4ccccc34)C2)c1. The molecule has 1 atom stereocenters. The standard InChI is InChI=1S/C28H33N3O4/c1-20(2)17-31(27(32)26-13-6-9-21-8-4-5-12-25(21)26)19-24-18-30(14-15-35-24)28(33)29-22-10-7-11-23(16-22)34-3/h4-13,16,20,24H,14-15,17-19H2,1-3H3,(H,29,33). The molecule has 7 nitrogen and oxygen atoms in total. The van der Waals surface area contributed by atoms with Crippen molar-refractivity contribution in [3.63, 3.8) is 0 Å². The van der Waals surface area contributed by atoms with E-state index in [1.807, 2.05) is 65.6 Å². The Morgan fingerprint density at radius 1 is 1.11 bits per heavy atom. The molecule has 1 aliphatic heterocycles. The molecule has 0 saturated carbocycles. The van der Waals surface area contributed by atoms with E-state index in [0.717, 1.165) is 10.8 Å². The fourth-order valence-electron chi connectivity index (χ4n) is 4.43. The van der Waals surface area contributed by atoms with Crippen molar-refractivity contribution in [3.05, 3.63) is 72.3 Å². The number of fused-ring (bicyclic) bond motifs is 1. The van der Waals surface area contributed by atoms with Gasteiger partial charge in [-0.25, -0.2) is 4.79 Å². The van der Waals surface area contributed by atoms with Crippen LogP contribution in [0.3, 0.4) is 0 Å². The number of hydrogen-bond acceptors (Lipinski definition) is 4. The molecule has 3 aromatic carbocycles. The van der Waals surface area contributed by atoms with Gasteiger partial charge in [0, 0.05) is 37.0 Å². The third-order valence-corrected chi connectivity index (χ3v) is 6.06. The number of amides is 3. The summed E-state index contributed by atoms with van der Waals surface area (Å²) in [5.41, 5.74) is 1.36. The van der Waals surface area contributed by atoms with E-state index in [2.05, 4.69) is 19.2 Å². The number of carbonyl (C=O) groups excluding carboxylic acids is 2. The average molecular weight is 476 g/mol. The summed E-state index contributed by atoms with van der Waals surface area (Å²) in [6, 6.07) is 20.8. The van der Waals surface area contributed by atoms with Gasteiger partial charge in [0.2, 0.25) is 0 Å². The first kappa shape index (κ1) is 24.5. The Kier molecular flexibility index (Phi) is 7.87. The summed E-state index contributed by atoms with van der Waals surface area (Å²) in [7, 11) is 1.59. The normalized spacial score (nSPS) is 15.8. The molecule has 1 aliphatic rings. The van der Waals surface area contributed by atoms with Crippen molar-refractivity contribution in [1.82, 2.24) is 9.80 Å². The fourth-order valence-corrected chi connectivity index (χ4v) is 4.43. The van der Waals surface area contributed by atoms with Crippen LogP contribution in [0.2, 0.25) is 0 Å². The van der Waals surface area contributed by atoms with Crippen molar-refractivity contribution in [3.8, 4) is 5.75 Å². The van der Waals surface area contributed by atoms with Gasteiger partial charge in [-0.1, -0.05) is 56.3 Å². The molecule has 0 aliphatic carbocycles. The van der Waals surface area contributed by atoms with E-state index in [9.17, 15) is 9.59 Å². The quantitative estimate of drug-likeness (QED) is 0.529. The number of ether oxygens (including phenoxy) is 2. The molecule has 184 valence electrons. The fraction of sp³-hybridized carbons (Fsp3) is 0.357. The molecule has 1 N–H and O–H groups in total. The second kappa shape index (κ2) is 11.2. The van der Waals surface area contributed by atoms with Crippen LogP contribution < -0.4 is 10.1 Å². The smallest absolute Gasteiger partial charge is 0.322 e. The molecular formula is C28H33N3O4. The highest BCUT2D eigenvalue weighted by atomic mass is 16.5. The van der Waals surface area contributed by atoms with Crippen LogP contribution in [-0.4, -0.2) is 67.7 Å². The lowest BCUT2D eigenvalue weighted by atomic mass is 10.0. The van der Waals surface area contributed by atoms with Gasteiger partial charge in [-0.15, -0.1) is 0 Å². The number of urea groups is 1. The van der Waals surface area contributed by atoms with Crippen molar-refractivity contribution in [2.24, 2.45) is 5.92 Å². The summed E-state index contributed by atoms with van der Waals surface area (Å²) in [4.78, 5) is 30.2. The van der Waals surface area contributed by atoms with Gasteiger partial charge in [0.05, 0.1) is 26.4 Å². The highest BCUT2D eigenvalue weighted by Crippen LogP contribution is 2.22.